The van der Waals surface area contributed by atoms with E-state index >= 15 is 0 Å². The van der Waals surface area contributed by atoms with Crippen molar-refractivity contribution >= 4 is 17.1 Å². The Hall–Kier alpha value is -1.18. The number of carbonyl (C=O) groups excluding carboxylic acids is 1. The second kappa shape index (κ2) is 5.44. The fourth-order valence-corrected chi connectivity index (χ4v) is 3.01. The molecule has 1 atom stereocenters. The van der Waals surface area contributed by atoms with E-state index in [-0.39, 0.29) is 11.7 Å². The van der Waals surface area contributed by atoms with Gasteiger partial charge in [0.05, 0.1) is 16.9 Å². The zero-order valence-electron chi connectivity index (χ0n) is 9.98. The predicted octanol–water partition coefficient (Wildman–Crippen LogP) is 2.69. The third kappa shape index (κ3) is 3.15. The van der Waals surface area contributed by atoms with Gasteiger partial charge in [0.2, 0.25) is 0 Å². The van der Waals surface area contributed by atoms with Crippen molar-refractivity contribution in [3.8, 4) is 6.07 Å². The first-order valence-corrected chi connectivity index (χ1v) is 6.77. The molecule has 1 aromatic heterocycles. The van der Waals surface area contributed by atoms with Crippen LogP contribution in [0.2, 0.25) is 0 Å². The molecule has 0 amide bonds. The van der Waals surface area contributed by atoms with Crippen LogP contribution in [0.4, 0.5) is 0 Å². The largest absolute Gasteiger partial charge is 0.298 e. The Morgan fingerprint density at radius 2 is 2.53 bits per heavy atom. The quantitative estimate of drug-likeness (QED) is 0.772. The smallest absolute Gasteiger partial charge is 0.169 e. The molecule has 0 spiro atoms. The zero-order valence-corrected chi connectivity index (χ0v) is 10.8. The maximum Gasteiger partial charge on any atom is 0.169 e. The van der Waals surface area contributed by atoms with Crippen LogP contribution in [-0.2, 0) is 6.54 Å². The average Bonchev–Trinajstić information content (AvgIpc) is 2.78. The van der Waals surface area contributed by atoms with Crippen molar-refractivity contribution in [3.05, 3.63) is 21.9 Å². The summed E-state index contributed by atoms with van der Waals surface area (Å²) in [4.78, 5) is 14.3. The highest BCUT2D eigenvalue weighted by Crippen LogP contribution is 2.21. The fourth-order valence-electron chi connectivity index (χ4n) is 2.21. The first-order chi connectivity index (χ1) is 8.19. The minimum Gasteiger partial charge on any atom is -0.298 e. The van der Waals surface area contributed by atoms with Crippen LogP contribution in [0.5, 0.6) is 0 Å². The van der Waals surface area contributed by atoms with Crippen molar-refractivity contribution in [1.29, 1.82) is 5.26 Å². The van der Waals surface area contributed by atoms with Gasteiger partial charge in [-0.25, -0.2) is 0 Å². The molecule has 1 aliphatic rings. The van der Waals surface area contributed by atoms with Gasteiger partial charge in [0.15, 0.2) is 5.78 Å². The maximum atomic E-state index is 11.2. The van der Waals surface area contributed by atoms with Crippen LogP contribution >= 0.6 is 11.3 Å². The second-order valence-electron chi connectivity index (χ2n) is 4.58. The lowest BCUT2D eigenvalue weighted by atomic mass is 9.99. The summed E-state index contributed by atoms with van der Waals surface area (Å²) in [7, 11) is 0. The molecule has 3 nitrogen and oxygen atoms in total. The minimum atomic E-state index is 0.134. The number of carbonyl (C=O) groups is 1. The van der Waals surface area contributed by atoms with Gasteiger partial charge < -0.3 is 0 Å². The molecule has 1 fully saturated rings. The molecule has 2 rings (SSSR count). The number of nitriles is 1. The summed E-state index contributed by atoms with van der Waals surface area (Å²) in [6.07, 6.45) is 2.12. The van der Waals surface area contributed by atoms with E-state index in [4.69, 9.17) is 5.26 Å². The first kappa shape index (κ1) is 12.3. The van der Waals surface area contributed by atoms with Gasteiger partial charge in [0.25, 0.3) is 0 Å². The van der Waals surface area contributed by atoms with Gasteiger partial charge >= 0.3 is 0 Å². The number of Topliss-reactive ketones (excluding diaryl/α,β-unsaturated/α-hetero) is 1. The number of ketones is 1. The molecule has 90 valence electrons. The molecule has 0 bridgehead atoms. The van der Waals surface area contributed by atoms with E-state index in [1.165, 1.54) is 16.9 Å². The third-order valence-corrected chi connectivity index (χ3v) is 4.17. The molecular formula is C13H16N2OS. The molecule has 1 saturated heterocycles. The highest BCUT2D eigenvalue weighted by Gasteiger charge is 2.19. The lowest BCUT2D eigenvalue weighted by molar-refractivity contribution is 0.102. The summed E-state index contributed by atoms with van der Waals surface area (Å²) in [5.41, 5.74) is 1.19. The van der Waals surface area contributed by atoms with Crippen LogP contribution in [0.25, 0.3) is 0 Å². The van der Waals surface area contributed by atoms with Gasteiger partial charge in [-0.15, -0.1) is 11.3 Å². The van der Waals surface area contributed by atoms with E-state index in [0.717, 1.165) is 37.4 Å². The number of thiophene rings is 1. The predicted molar refractivity (Wildman–Crippen MR) is 67.9 cm³/mol. The summed E-state index contributed by atoms with van der Waals surface area (Å²) in [5, 5.41) is 11.0. The van der Waals surface area contributed by atoms with Crippen LogP contribution in [0.3, 0.4) is 0 Å². The fraction of sp³-hybridized carbons (Fsp3) is 0.538. The molecule has 0 aliphatic carbocycles. The van der Waals surface area contributed by atoms with E-state index in [9.17, 15) is 4.79 Å². The summed E-state index contributed by atoms with van der Waals surface area (Å²) in [6.45, 7) is 4.38. The molecule has 2 heterocycles. The van der Waals surface area contributed by atoms with E-state index in [0.29, 0.717) is 0 Å². The molecular weight excluding hydrogens is 232 g/mol. The van der Waals surface area contributed by atoms with E-state index in [2.05, 4.69) is 11.0 Å². The van der Waals surface area contributed by atoms with Gasteiger partial charge in [0, 0.05) is 13.1 Å². The summed E-state index contributed by atoms with van der Waals surface area (Å²) in [6, 6.07) is 4.33. The number of hydrogen-bond donors (Lipinski definition) is 0. The summed E-state index contributed by atoms with van der Waals surface area (Å²) in [5.74, 6) is 0.310. The second-order valence-corrected chi connectivity index (χ2v) is 5.49. The van der Waals surface area contributed by atoms with Gasteiger partial charge in [-0.3, -0.25) is 9.69 Å². The first-order valence-electron chi connectivity index (χ1n) is 5.89. The van der Waals surface area contributed by atoms with Gasteiger partial charge in [-0.05, 0) is 43.3 Å². The maximum absolute atomic E-state index is 11.2. The Morgan fingerprint density at radius 1 is 1.71 bits per heavy atom. The van der Waals surface area contributed by atoms with Gasteiger partial charge in [-0.2, -0.15) is 5.26 Å². The molecule has 4 heteroatoms. The van der Waals surface area contributed by atoms with Crippen LogP contribution in [0.1, 0.15) is 35.0 Å². The number of nitrogens with zero attached hydrogens (tertiary/aromatic N) is 2. The standard InChI is InChI=1S/C13H16N2OS/c1-10(16)13-5-12(9-17-13)8-15-4-2-3-11(6-14)7-15/h5,9,11H,2-4,7-8H2,1H3/t11-/m1/s1. The van der Waals surface area contributed by atoms with Crippen molar-refractivity contribution in [1.82, 2.24) is 4.90 Å². The highest BCUT2D eigenvalue weighted by atomic mass is 32.1. The molecule has 0 N–H and O–H groups in total. The van der Waals surface area contributed by atoms with E-state index in [1.54, 1.807) is 6.92 Å². The van der Waals surface area contributed by atoms with Crippen molar-refractivity contribution < 1.29 is 4.79 Å². The SMILES string of the molecule is CC(=O)c1cc(CN2CCC[C@H](C#N)C2)cs1. The number of rotatable bonds is 3. The van der Waals surface area contributed by atoms with Crippen LogP contribution in [-0.4, -0.2) is 23.8 Å². The molecule has 1 aliphatic heterocycles. The molecule has 0 radical (unpaired) electrons. The Bertz CT molecular complexity index is 447. The number of likely N-dealkylation sites (tertiary alicyclic amines) is 1. The van der Waals surface area contributed by atoms with Gasteiger partial charge in [-0.1, -0.05) is 0 Å². The average molecular weight is 248 g/mol. The molecule has 17 heavy (non-hydrogen) atoms. The van der Waals surface area contributed by atoms with Crippen LogP contribution < -0.4 is 0 Å². The van der Waals surface area contributed by atoms with Crippen molar-refractivity contribution in [2.75, 3.05) is 13.1 Å². The Kier molecular flexibility index (Phi) is 3.93. The van der Waals surface area contributed by atoms with Crippen LogP contribution in [0.15, 0.2) is 11.4 Å². The van der Waals surface area contributed by atoms with E-state index < -0.39 is 0 Å². The topological polar surface area (TPSA) is 44.1 Å². The lowest BCUT2D eigenvalue weighted by Crippen LogP contribution is -2.34. The van der Waals surface area contributed by atoms with Crippen LogP contribution in [0, 0.1) is 17.2 Å². The monoisotopic (exact) mass is 248 g/mol. The minimum absolute atomic E-state index is 0.134. The number of piperidine rings is 1. The zero-order chi connectivity index (χ0) is 12.3. The number of hydrogen-bond acceptors (Lipinski definition) is 4. The van der Waals surface area contributed by atoms with Crippen molar-refractivity contribution in [2.45, 2.75) is 26.3 Å². The molecule has 0 unspecified atom stereocenters. The third-order valence-electron chi connectivity index (χ3n) is 3.10. The van der Waals surface area contributed by atoms with Crippen molar-refractivity contribution in [3.63, 3.8) is 0 Å². The Labute approximate surface area is 106 Å². The molecule has 0 saturated carbocycles. The Morgan fingerprint density at radius 3 is 3.18 bits per heavy atom. The highest BCUT2D eigenvalue weighted by molar-refractivity contribution is 7.12. The lowest BCUT2D eigenvalue weighted by Gasteiger charge is -2.29. The summed E-state index contributed by atoms with van der Waals surface area (Å²) < 4.78 is 0. The molecule has 1 aromatic rings. The summed E-state index contributed by atoms with van der Waals surface area (Å²) >= 11 is 1.51. The van der Waals surface area contributed by atoms with Gasteiger partial charge in [0.1, 0.15) is 0 Å². The van der Waals surface area contributed by atoms with Crippen molar-refractivity contribution in [2.24, 2.45) is 5.92 Å². The normalized spacial score (nSPS) is 21.1. The Balaban J connectivity index is 1.96. The molecule has 0 aromatic carbocycles. The van der Waals surface area contributed by atoms with E-state index in [1.807, 2.05) is 11.4 Å².